The Labute approximate surface area is 147 Å². The van der Waals surface area contributed by atoms with E-state index in [0.29, 0.717) is 38.0 Å². The number of hydrogen-bond acceptors (Lipinski definition) is 6. The van der Waals surface area contributed by atoms with Crippen LogP contribution < -0.4 is 0 Å². The van der Waals surface area contributed by atoms with Gasteiger partial charge in [0.15, 0.2) is 0 Å². The summed E-state index contributed by atoms with van der Waals surface area (Å²) in [5.41, 5.74) is 1.84. The Morgan fingerprint density at radius 2 is 2.42 bits per heavy atom. The van der Waals surface area contributed by atoms with Crippen molar-refractivity contribution in [1.29, 1.82) is 0 Å². The van der Waals surface area contributed by atoms with Crippen LogP contribution in [0.1, 0.15) is 37.2 Å². The van der Waals surface area contributed by atoms with E-state index in [1.807, 2.05) is 4.90 Å². The van der Waals surface area contributed by atoms with Crippen LogP contribution in [0.2, 0.25) is 0 Å². The summed E-state index contributed by atoms with van der Waals surface area (Å²) in [6.07, 6.45) is 2.15. The van der Waals surface area contributed by atoms with Crippen LogP contribution in [0.5, 0.6) is 0 Å². The Morgan fingerprint density at radius 3 is 3.12 bits per heavy atom. The predicted molar refractivity (Wildman–Crippen MR) is 93.4 cm³/mol. The molecule has 1 spiro atoms. The molecule has 1 aromatic heterocycles. The topological polar surface area (TPSA) is 54.9 Å². The summed E-state index contributed by atoms with van der Waals surface area (Å²) >= 11 is 1.44. The lowest BCUT2D eigenvalue weighted by Gasteiger charge is -2.32. The molecule has 2 saturated heterocycles. The average molecular weight is 353 g/mol. The Bertz CT molecular complexity index is 551. The number of likely N-dealkylation sites (N-methyl/N-ethyl adjacent to an activating group) is 1. The van der Waals surface area contributed by atoms with Gasteiger partial charge in [0.2, 0.25) is 0 Å². The zero-order valence-electron chi connectivity index (χ0n) is 14.7. The molecule has 0 aliphatic carbocycles. The fraction of sp³-hybridized carbons (Fsp3) is 0.765. The van der Waals surface area contributed by atoms with E-state index in [-0.39, 0.29) is 17.6 Å². The summed E-state index contributed by atoms with van der Waals surface area (Å²) in [5, 5.41) is 1.80. The summed E-state index contributed by atoms with van der Waals surface area (Å²) in [6.45, 7) is 7.59. The predicted octanol–water partition coefficient (Wildman–Crippen LogP) is 1.87. The highest BCUT2D eigenvalue weighted by molar-refractivity contribution is 7.07. The van der Waals surface area contributed by atoms with E-state index >= 15 is 0 Å². The van der Waals surface area contributed by atoms with Crippen molar-refractivity contribution in [2.75, 3.05) is 39.9 Å². The van der Waals surface area contributed by atoms with Crippen molar-refractivity contribution >= 4 is 17.2 Å². The van der Waals surface area contributed by atoms with Crippen LogP contribution in [-0.2, 0) is 9.47 Å². The molecule has 0 unspecified atom stereocenters. The normalized spacial score (nSPS) is 28.0. The van der Waals surface area contributed by atoms with Gasteiger partial charge in [-0.25, -0.2) is 4.98 Å². The monoisotopic (exact) mass is 353 g/mol. The summed E-state index contributed by atoms with van der Waals surface area (Å²) < 4.78 is 12.2. The lowest BCUT2D eigenvalue weighted by Crippen LogP contribution is -2.47. The van der Waals surface area contributed by atoms with Gasteiger partial charge < -0.3 is 19.3 Å². The van der Waals surface area contributed by atoms with Crippen LogP contribution in [0.15, 0.2) is 10.9 Å². The molecular formula is C17H27N3O3S. The molecule has 3 heterocycles. The van der Waals surface area contributed by atoms with Gasteiger partial charge in [-0.1, -0.05) is 0 Å². The maximum Gasteiger partial charge on any atom is 0.273 e. The second-order valence-corrected chi connectivity index (χ2v) is 7.87. The maximum absolute atomic E-state index is 12.7. The third-order valence-electron chi connectivity index (χ3n) is 5.00. The Balaban J connectivity index is 1.65. The first-order chi connectivity index (χ1) is 11.5. The molecule has 6 nitrogen and oxygen atoms in total. The first-order valence-electron chi connectivity index (χ1n) is 8.62. The molecule has 3 rings (SSSR count). The minimum absolute atomic E-state index is 0.0209. The molecule has 2 aliphatic rings. The van der Waals surface area contributed by atoms with Crippen molar-refractivity contribution in [2.24, 2.45) is 0 Å². The number of carbonyl (C=O) groups is 1. The molecule has 1 aromatic rings. The molecule has 0 saturated carbocycles. The van der Waals surface area contributed by atoms with E-state index in [2.05, 4.69) is 30.8 Å². The van der Waals surface area contributed by atoms with Crippen molar-refractivity contribution in [1.82, 2.24) is 14.8 Å². The Hall–Kier alpha value is -1.02. The number of rotatable bonds is 4. The molecule has 0 bridgehead atoms. The number of ether oxygens (including phenoxy) is 2. The summed E-state index contributed by atoms with van der Waals surface area (Å²) in [6, 6.07) is 0.498. The van der Waals surface area contributed by atoms with E-state index < -0.39 is 0 Å². The van der Waals surface area contributed by atoms with Crippen LogP contribution in [0.3, 0.4) is 0 Å². The third kappa shape index (κ3) is 3.96. The number of thiazole rings is 1. The van der Waals surface area contributed by atoms with E-state index in [0.717, 1.165) is 19.4 Å². The highest BCUT2D eigenvalue weighted by atomic mass is 32.1. The zero-order chi connectivity index (χ0) is 17.2. The minimum atomic E-state index is -0.370. The number of amides is 1. The fourth-order valence-corrected chi connectivity index (χ4v) is 3.86. The Kier molecular flexibility index (Phi) is 5.54. The first kappa shape index (κ1) is 17.8. The molecule has 0 aromatic carbocycles. The van der Waals surface area contributed by atoms with Crippen molar-refractivity contribution in [3.8, 4) is 0 Å². The molecule has 7 heteroatoms. The molecule has 0 N–H and O–H groups in total. The van der Waals surface area contributed by atoms with Gasteiger partial charge in [0.25, 0.3) is 5.91 Å². The van der Waals surface area contributed by atoms with Gasteiger partial charge in [-0.3, -0.25) is 4.79 Å². The van der Waals surface area contributed by atoms with Crippen molar-refractivity contribution in [2.45, 2.75) is 44.4 Å². The SMILES string of the molecule is CC(C)N(C)C[C@@H]1CC[C@@]2(COCCN(C(=O)c3cscn3)C2)O1. The smallest absolute Gasteiger partial charge is 0.273 e. The molecule has 1 amide bonds. The van der Waals surface area contributed by atoms with Gasteiger partial charge >= 0.3 is 0 Å². The second-order valence-electron chi connectivity index (χ2n) is 7.15. The number of hydrogen-bond donors (Lipinski definition) is 0. The summed E-state index contributed by atoms with van der Waals surface area (Å²) in [4.78, 5) is 21.0. The van der Waals surface area contributed by atoms with Gasteiger partial charge in [-0.2, -0.15) is 0 Å². The molecule has 2 fully saturated rings. The van der Waals surface area contributed by atoms with Crippen molar-refractivity contribution in [3.05, 3.63) is 16.6 Å². The van der Waals surface area contributed by atoms with Crippen LogP contribution in [0, 0.1) is 0 Å². The molecule has 134 valence electrons. The molecule has 24 heavy (non-hydrogen) atoms. The molecule has 0 radical (unpaired) electrons. The number of nitrogens with zero attached hydrogens (tertiary/aromatic N) is 3. The first-order valence-corrected chi connectivity index (χ1v) is 9.57. The van der Waals surface area contributed by atoms with Crippen LogP contribution in [0.25, 0.3) is 0 Å². The highest BCUT2D eigenvalue weighted by Gasteiger charge is 2.44. The number of carbonyl (C=O) groups excluding carboxylic acids is 1. The highest BCUT2D eigenvalue weighted by Crippen LogP contribution is 2.33. The van der Waals surface area contributed by atoms with E-state index in [1.54, 1.807) is 10.9 Å². The van der Waals surface area contributed by atoms with Gasteiger partial charge in [-0.05, 0) is 33.7 Å². The van der Waals surface area contributed by atoms with Crippen LogP contribution in [-0.4, -0.2) is 78.3 Å². The molecular weight excluding hydrogens is 326 g/mol. The zero-order valence-corrected chi connectivity index (χ0v) is 15.6. The van der Waals surface area contributed by atoms with Crippen molar-refractivity contribution < 1.29 is 14.3 Å². The Morgan fingerprint density at radius 1 is 1.58 bits per heavy atom. The van der Waals surface area contributed by atoms with E-state index in [1.165, 1.54) is 11.3 Å². The minimum Gasteiger partial charge on any atom is -0.377 e. The van der Waals surface area contributed by atoms with E-state index in [4.69, 9.17) is 9.47 Å². The summed E-state index contributed by atoms with van der Waals surface area (Å²) in [5.74, 6) is -0.0209. The quantitative estimate of drug-likeness (QED) is 0.827. The number of aromatic nitrogens is 1. The van der Waals surface area contributed by atoms with Crippen molar-refractivity contribution in [3.63, 3.8) is 0 Å². The van der Waals surface area contributed by atoms with Gasteiger partial charge in [0, 0.05) is 24.5 Å². The second kappa shape index (κ2) is 7.47. The largest absolute Gasteiger partial charge is 0.377 e. The third-order valence-corrected chi connectivity index (χ3v) is 5.59. The summed E-state index contributed by atoms with van der Waals surface area (Å²) in [7, 11) is 2.13. The lowest BCUT2D eigenvalue weighted by molar-refractivity contribution is -0.0901. The van der Waals surface area contributed by atoms with Crippen LogP contribution >= 0.6 is 11.3 Å². The standard InChI is InChI=1S/C17H27N3O3S/c1-13(2)19(3)8-14-4-5-17(23-14)10-20(6-7-22-11-17)16(21)15-9-24-12-18-15/h9,12-14H,4-8,10-11H2,1-3H3/t14-,17+/m0/s1. The molecule has 2 aliphatic heterocycles. The maximum atomic E-state index is 12.7. The lowest BCUT2D eigenvalue weighted by atomic mass is 10.00. The van der Waals surface area contributed by atoms with E-state index in [9.17, 15) is 4.79 Å². The van der Waals surface area contributed by atoms with Gasteiger partial charge in [0.05, 0.1) is 31.4 Å². The van der Waals surface area contributed by atoms with Gasteiger partial charge in [0.1, 0.15) is 11.3 Å². The average Bonchev–Trinajstić information content (AvgIpc) is 3.15. The van der Waals surface area contributed by atoms with Crippen LogP contribution in [0.4, 0.5) is 0 Å². The fourth-order valence-electron chi connectivity index (χ4n) is 3.34. The molecule has 2 atom stereocenters. The van der Waals surface area contributed by atoms with Gasteiger partial charge in [-0.15, -0.1) is 11.3 Å².